The van der Waals surface area contributed by atoms with Crippen LogP contribution < -0.4 is 16.4 Å². The zero-order valence-corrected chi connectivity index (χ0v) is 29.0. The summed E-state index contributed by atoms with van der Waals surface area (Å²) in [5.41, 5.74) is 22.7. The average molecular weight is 656 g/mol. The number of hydrogen-bond acceptors (Lipinski definition) is 2. The fraction of sp³-hybridized carbons (Fsp3) is 0.125. The second-order valence-electron chi connectivity index (χ2n) is 14.0. The molecule has 6 aromatic rings. The Morgan fingerprint density at radius 3 is 2.49 bits per heavy atom. The maximum atomic E-state index is 6.73. The second-order valence-corrected chi connectivity index (χ2v) is 14.0. The second kappa shape index (κ2) is 12.7. The van der Waals surface area contributed by atoms with Crippen LogP contribution in [0.3, 0.4) is 0 Å². The molecular formula is C48H38BNO. The Kier molecular flexibility index (Phi) is 7.74. The summed E-state index contributed by atoms with van der Waals surface area (Å²) in [5, 5.41) is 5.17. The molecule has 9 rings (SSSR count). The molecule has 1 N–H and O–H groups in total. The summed E-state index contributed by atoms with van der Waals surface area (Å²) in [5.74, 6) is 0.242. The SMILES string of the molecule is Cc1cc(C)c(Bc2oc3ccccc3c2CC2=CC=C=C=C2)c(-c2cccc3c2Nc2ccccc2C3(c2ccccc2)C2C=CC=CC2)c1. The van der Waals surface area contributed by atoms with Crippen LogP contribution in [-0.4, -0.2) is 7.28 Å². The highest BCUT2D eigenvalue weighted by Gasteiger charge is 2.47. The molecule has 2 atom stereocenters. The van der Waals surface area contributed by atoms with Crippen LogP contribution in [0.1, 0.15) is 39.8 Å². The number of allylic oxidation sites excluding steroid dienone is 8. The third-order valence-corrected chi connectivity index (χ3v) is 11.0. The van der Waals surface area contributed by atoms with Crippen molar-refractivity contribution in [1.29, 1.82) is 0 Å². The predicted octanol–water partition coefficient (Wildman–Crippen LogP) is 9.98. The topological polar surface area (TPSA) is 25.2 Å². The van der Waals surface area contributed by atoms with Gasteiger partial charge in [-0.1, -0.05) is 149 Å². The molecule has 2 aliphatic carbocycles. The van der Waals surface area contributed by atoms with Crippen LogP contribution in [0.2, 0.25) is 0 Å². The van der Waals surface area contributed by atoms with Gasteiger partial charge in [-0.2, -0.15) is 0 Å². The van der Waals surface area contributed by atoms with Crippen LogP contribution in [-0.2, 0) is 11.8 Å². The van der Waals surface area contributed by atoms with E-state index in [-0.39, 0.29) is 11.3 Å². The summed E-state index contributed by atoms with van der Waals surface area (Å²) in [6.07, 6.45) is 17.0. The van der Waals surface area contributed by atoms with E-state index in [1.54, 1.807) is 0 Å². The number of furan rings is 1. The molecule has 3 heteroatoms. The lowest BCUT2D eigenvalue weighted by Crippen LogP contribution is -2.41. The van der Waals surface area contributed by atoms with Crippen molar-refractivity contribution in [3.05, 3.63) is 202 Å². The molecule has 2 nitrogen and oxygen atoms in total. The summed E-state index contributed by atoms with van der Waals surface area (Å²) in [6, 6.07) is 40.1. The molecule has 0 bridgehead atoms. The van der Waals surface area contributed by atoms with Crippen molar-refractivity contribution in [1.82, 2.24) is 0 Å². The van der Waals surface area contributed by atoms with E-state index in [4.69, 9.17) is 4.42 Å². The van der Waals surface area contributed by atoms with Crippen molar-refractivity contribution in [2.45, 2.75) is 32.1 Å². The summed E-state index contributed by atoms with van der Waals surface area (Å²) >= 11 is 0. The van der Waals surface area contributed by atoms with E-state index in [0.29, 0.717) is 7.28 Å². The van der Waals surface area contributed by atoms with Crippen molar-refractivity contribution < 1.29 is 4.42 Å². The quantitative estimate of drug-likeness (QED) is 0.137. The van der Waals surface area contributed by atoms with Crippen molar-refractivity contribution >= 4 is 40.7 Å². The molecule has 1 aliphatic heterocycles. The molecule has 0 saturated heterocycles. The molecule has 244 valence electrons. The number of nitrogens with one attached hydrogen (secondary N) is 1. The Morgan fingerprint density at radius 2 is 1.65 bits per heavy atom. The van der Waals surface area contributed by atoms with Gasteiger partial charge < -0.3 is 9.73 Å². The van der Waals surface area contributed by atoms with Gasteiger partial charge in [0.1, 0.15) is 5.58 Å². The van der Waals surface area contributed by atoms with E-state index < -0.39 is 0 Å². The van der Waals surface area contributed by atoms with Gasteiger partial charge in [0.15, 0.2) is 0 Å². The van der Waals surface area contributed by atoms with Gasteiger partial charge in [0.05, 0.1) is 16.8 Å². The Hall–Kier alpha value is -5.98. The molecule has 51 heavy (non-hydrogen) atoms. The van der Waals surface area contributed by atoms with Gasteiger partial charge in [-0.15, -0.1) is 0 Å². The summed E-state index contributed by atoms with van der Waals surface area (Å²) in [6.45, 7) is 4.46. The molecule has 0 radical (unpaired) electrons. The van der Waals surface area contributed by atoms with E-state index in [2.05, 4.69) is 170 Å². The van der Waals surface area contributed by atoms with E-state index in [1.165, 1.54) is 66.6 Å². The van der Waals surface area contributed by atoms with Gasteiger partial charge in [0.25, 0.3) is 0 Å². The zero-order valence-electron chi connectivity index (χ0n) is 29.0. The maximum Gasteiger partial charge on any atom is 0.239 e. The molecule has 3 aliphatic rings. The van der Waals surface area contributed by atoms with Crippen LogP contribution >= 0.6 is 0 Å². The van der Waals surface area contributed by atoms with E-state index in [0.717, 1.165) is 29.8 Å². The van der Waals surface area contributed by atoms with Gasteiger partial charge >= 0.3 is 0 Å². The minimum Gasteiger partial charge on any atom is -0.471 e. The normalized spacial score (nSPS) is 18.3. The molecule has 0 fully saturated rings. The molecule has 0 spiro atoms. The van der Waals surface area contributed by atoms with Crippen LogP contribution in [0.15, 0.2) is 173 Å². The highest BCUT2D eigenvalue weighted by Crippen LogP contribution is 2.57. The Bertz CT molecular complexity index is 2530. The molecule has 2 unspecified atom stereocenters. The third-order valence-electron chi connectivity index (χ3n) is 11.0. The first-order chi connectivity index (χ1) is 25.1. The number of aryl methyl sites for hydroxylation is 2. The van der Waals surface area contributed by atoms with Crippen LogP contribution in [0.5, 0.6) is 0 Å². The first-order valence-corrected chi connectivity index (χ1v) is 18.0. The highest BCUT2D eigenvalue weighted by atomic mass is 16.3. The molecular weight excluding hydrogens is 617 g/mol. The maximum absolute atomic E-state index is 6.73. The number of para-hydroxylation sites is 3. The molecule has 2 heterocycles. The smallest absolute Gasteiger partial charge is 0.239 e. The van der Waals surface area contributed by atoms with E-state index >= 15 is 0 Å². The average Bonchev–Trinajstić information content (AvgIpc) is 3.52. The Balaban J connectivity index is 1.26. The van der Waals surface area contributed by atoms with Crippen molar-refractivity contribution in [2.24, 2.45) is 5.92 Å². The van der Waals surface area contributed by atoms with Gasteiger partial charge in [0.2, 0.25) is 7.28 Å². The standard InChI is InChI=1S/C48H38BNO/c1-32-29-33(2)45(49-47-40(31-34-17-6-3-7-18-34)37-23-12-15-28-44(37)51-47)39(30-32)38-24-16-26-42-46(38)50-43-27-14-13-25-41(43)48(42,35-19-8-4-9-20-35)36-21-10-5-11-22-36/h4-6,8-21,23-30,36,49-50H,22,31H2,1-2H3. The zero-order chi connectivity index (χ0) is 34.4. The van der Waals surface area contributed by atoms with Crippen LogP contribution in [0, 0.1) is 19.8 Å². The third kappa shape index (κ3) is 5.22. The molecule has 5 aromatic carbocycles. The predicted molar refractivity (Wildman–Crippen MR) is 214 cm³/mol. The van der Waals surface area contributed by atoms with Crippen molar-refractivity contribution in [3.63, 3.8) is 0 Å². The molecule has 1 aromatic heterocycles. The van der Waals surface area contributed by atoms with E-state index in [9.17, 15) is 0 Å². The monoisotopic (exact) mass is 655 g/mol. The van der Waals surface area contributed by atoms with Crippen LogP contribution in [0.4, 0.5) is 11.4 Å². The lowest BCUT2D eigenvalue weighted by atomic mass is 9.57. The minimum absolute atomic E-state index is 0.242. The van der Waals surface area contributed by atoms with E-state index in [1.807, 2.05) is 12.2 Å². The van der Waals surface area contributed by atoms with Gasteiger partial charge in [-0.05, 0) is 89.9 Å². The lowest BCUT2D eigenvalue weighted by Gasteiger charge is -2.47. The fourth-order valence-corrected chi connectivity index (χ4v) is 8.80. The van der Waals surface area contributed by atoms with Gasteiger partial charge in [0, 0.05) is 23.1 Å². The fourth-order valence-electron chi connectivity index (χ4n) is 8.80. The minimum atomic E-state index is -0.384. The number of fused-ring (bicyclic) bond motifs is 3. The van der Waals surface area contributed by atoms with Crippen LogP contribution in [0.25, 0.3) is 22.1 Å². The Morgan fingerprint density at radius 1 is 0.824 bits per heavy atom. The number of anilines is 2. The summed E-state index contributed by atoms with van der Waals surface area (Å²) < 4.78 is 6.73. The lowest BCUT2D eigenvalue weighted by molar-refractivity contribution is 0.447. The highest BCUT2D eigenvalue weighted by molar-refractivity contribution is 6.69. The Labute approximate surface area is 300 Å². The molecule has 0 amide bonds. The van der Waals surface area contributed by atoms with Crippen molar-refractivity contribution in [2.75, 3.05) is 5.32 Å². The number of rotatable bonds is 7. The van der Waals surface area contributed by atoms with Crippen molar-refractivity contribution in [3.8, 4) is 11.1 Å². The molecule has 0 saturated carbocycles. The summed E-state index contributed by atoms with van der Waals surface area (Å²) in [4.78, 5) is 0. The first-order valence-electron chi connectivity index (χ1n) is 18.0. The number of benzene rings is 5. The first kappa shape index (κ1) is 31.0. The van der Waals surface area contributed by atoms with Gasteiger partial charge in [-0.3, -0.25) is 0 Å². The largest absolute Gasteiger partial charge is 0.471 e. The summed E-state index contributed by atoms with van der Waals surface area (Å²) in [7, 11) is 0.689. The number of hydrogen-bond donors (Lipinski definition) is 1. The van der Waals surface area contributed by atoms with Gasteiger partial charge in [-0.25, -0.2) is 0 Å².